The molecule has 0 radical (unpaired) electrons. The average molecular weight is 282 g/mol. The fourth-order valence-corrected chi connectivity index (χ4v) is 1.60. The topological polar surface area (TPSA) is 85.8 Å². The standard InChI is InChI=1S/C12H15N5O.ClH/c1-8(9-6-14-17(2)7-9)15-12(18)10-4-3-5-11(13)16-10;/h3-8H,1-2H3,(H2,13,16)(H,15,18);1H. The van der Waals surface area contributed by atoms with Crippen molar-refractivity contribution in [3.63, 3.8) is 0 Å². The number of nitrogens with zero attached hydrogens (tertiary/aromatic N) is 3. The van der Waals surface area contributed by atoms with Gasteiger partial charge in [0.05, 0.1) is 12.2 Å². The summed E-state index contributed by atoms with van der Waals surface area (Å²) < 4.78 is 1.69. The van der Waals surface area contributed by atoms with Crippen molar-refractivity contribution in [2.24, 2.45) is 7.05 Å². The molecule has 3 N–H and O–H groups in total. The first-order valence-corrected chi connectivity index (χ1v) is 5.58. The van der Waals surface area contributed by atoms with Crippen LogP contribution in [0.1, 0.15) is 29.0 Å². The molecular weight excluding hydrogens is 266 g/mol. The van der Waals surface area contributed by atoms with Crippen LogP contribution in [0, 0.1) is 0 Å². The van der Waals surface area contributed by atoms with E-state index in [2.05, 4.69) is 15.4 Å². The summed E-state index contributed by atoms with van der Waals surface area (Å²) >= 11 is 0. The number of carbonyl (C=O) groups is 1. The monoisotopic (exact) mass is 281 g/mol. The van der Waals surface area contributed by atoms with Crippen molar-refractivity contribution in [1.29, 1.82) is 0 Å². The number of rotatable bonds is 3. The second kappa shape index (κ2) is 6.19. The third kappa shape index (κ3) is 3.69. The molecule has 0 aliphatic rings. The summed E-state index contributed by atoms with van der Waals surface area (Å²) in [5.41, 5.74) is 6.79. The second-order valence-electron chi connectivity index (χ2n) is 4.09. The van der Waals surface area contributed by atoms with Crippen molar-refractivity contribution >= 4 is 24.1 Å². The van der Waals surface area contributed by atoms with E-state index in [0.717, 1.165) is 5.56 Å². The van der Waals surface area contributed by atoms with Gasteiger partial charge in [-0.2, -0.15) is 5.10 Å². The van der Waals surface area contributed by atoms with Crippen LogP contribution < -0.4 is 11.1 Å². The number of hydrogen-bond acceptors (Lipinski definition) is 4. The van der Waals surface area contributed by atoms with Crippen molar-refractivity contribution < 1.29 is 4.79 Å². The van der Waals surface area contributed by atoms with E-state index in [1.54, 1.807) is 29.1 Å². The first-order chi connectivity index (χ1) is 8.56. The van der Waals surface area contributed by atoms with Crippen LogP contribution in [0.4, 0.5) is 5.82 Å². The lowest BCUT2D eigenvalue weighted by atomic mass is 10.2. The largest absolute Gasteiger partial charge is 0.384 e. The van der Waals surface area contributed by atoms with Gasteiger partial charge < -0.3 is 11.1 Å². The number of anilines is 1. The van der Waals surface area contributed by atoms with Crippen LogP contribution in [0.15, 0.2) is 30.6 Å². The van der Waals surface area contributed by atoms with E-state index in [1.165, 1.54) is 0 Å². The van der Waals surface area contributed by atoms with E-state index in [0.29, 0.717) is 11.5 Å². The van der Waals surface area contributed by atoms with Gasteiger partial charge in [-0.1, -0.05) is 6.07 Å². The van der Waals surface area contributed by atoms with E-state index >= 15 is 0 Å². The summed E-state index contributed by atoms with van der Waals surface area (Å²) in [6, 6.07) is 4.84. The lowest BCUT2D eigenvalue weighted by molar-refractivity contribution is 0.0935. The highest BCUT2D eigenvalue weighted by Crippen LogP contribution is 2.11. The molecule has 2 rings (SSSR count). The SMILES string of the molecule is CC(NC(=O)c1cccc(N)n1)c1cnn(C)c1.Cl. The molecule has 2 heterocycles. The van der Waals surface area contributed by atoms with Gasteiger partial charge in [0.1, 0.15) is 11.5 Å². The average Bonchev–Trinajstić information content (AvgIpc) is 2.76. The van der Waals surface area contributed by atoms with Gasteiger partial charge in [-0.05, 0) is 19.1 Å². The third-order valence-electron chi connectivity index (χ3n) is 2.58. The molecule has 7 heteroatoms. The molecule has 0 saturated carbocycles. The molecule has 6 nitrogen and oxygen atoms in total. The van der Waals surface area contributed by atoms with Crippen LogP contribution in [-0.2, 0) is 7.05 Å². The van der Waals surface area contributed by atoms with Crippen LogP contribution in [-0.4, -0.2) is 20.7 Å². The molecule has 0 aliphatic heterocycles. The van der Waals surface area contributed by atoms with E-state index in [-0.39, 0.29) is 24.4 Å². The van der Waals surface area contributed by atoms with Crippen molar-refractivity contribution in [3.05, 3.63) is 41.9 Å². The Kier molecular flexibility index (Phi) is 4.88. The zero-order chi connectivity index (χ0) is 13.1. The summed E-state index contributed by atoms with van der Waals surface area (Å²) in [4.78, 5) is 15.9. The summed E-state index contributed by atoms with van der Waals surface area (Å²) in [5, 5.41) is 6.90. The molecule has 102 valence electrons. The van der Waals surface area contributed by atoms with Gasteiger partial charge in [-0.25, -0.2) is 4.98 Å². The van der Waals surface area contributed by atoms with Gasteiger partial charge in [0.15, 0.2) is 0 Å². The summed E-state index contributed by atoms with van der Waals surface area (Å²) in [6.07, 6.45) is 3.58. The Labute approximate surface area is 117 Å². The lowest BCUT2D eigenvalue weighted by Gasteiger charge is -2.11. The number of hydrogen-bond donors (Lipinski definition) is 2. The highest BCUT2D eigenvalue weighted by Gasteiger charge is 2.13. The molecule has 1 unspecified atom stereocenters. The molecule has 1 amide bonds. The fourth-order valence-electron chi connectivity index (χ4n) is 1.60. The van der Waals surface area contributed by atoms with Crippen LogP contribution >= 0.6 is 12.4 Å². The Bertz CT molecular complexity index is 569. The van der Waals surface area contributed by atoms with Gasteiger partial charge in [-0.15, -0.1) is 12.4 Å². The van der Waals surface area contributed by atoms with Gasteiger partial charge in [0.2, 0.25) is 0 Å². The smallest absolute Gasteiger partial charge is 0.270 e. The highest BCUT2D eigenvalue weighted by molar-refractivity contribution is 5.92. The predicted molar refractivity (Wildman–Crippen MR) is 75.0 cm³/mol. The molecule has 0 bridgehead atoms. The van der Waals surface area contributed by atoms with Crippen molar-refractivity contribution in [1.82, 2.24) is 20.1 Å². The van der Waals surface area contributed by atoms with Gasteiger partial charge in [-0.3, -0.25) is 9.48 Å². The number of nitrogen functional groups attached to an aromatic ring is 1. The molecule has 1 atom stereocenters. The number of carbonyl (C=O) groups excluding carboxylic acids is 1. The van der Waals surface area contributed by atoms with Crippen molar-refractivity contribution in [3.8, 4) is 0 Å². The minimum absolute atomic E-state index is 0. The van der Waals surface area contributed by atoms with E-state index in [4.69, 9.17) is 5.73 Å². The van der Waals surface area contributed by atoms with E-state index in [9.17, 15) is 4.79 Å². The highest BCUT2D eigenvalue weighted by atomic mass is 35.5. The Hall–Kier alpha value is -2.08. The first-order valence-electron chi connectivity index (χ1n) is 5.58. The molecule has 2 aromatic rings. The molecular formula is C12H16ClN5O. The van der Waals surface area contributed by atoms with E-state index in [1.807, 2.05) is 20.2 Å². The maximum atomic E-state index is 11.9. The number of aromatic nitrogens is 3. The third-order valence-corrected chi connectivity index (χ3v) is 2.58. The molecule has 0 aliphatic carbocycles. The number of halogens is 1. The Morgan fingerprint density at radius 3 is 2.79 bits per heavy atom. The normalized spacial score (nSPS) is 11.5. The molecule has 0 saturated heterocycles. The summed E-state index contributed by atoms with van der Waals surface area (Å²) in [6.45, 7) is 1.89. The van der Waals surface area contributed by atoms with Gasteiger partial charge in [0.25, 0.3) is 5.91 Å². The number of nitrogens with two attached hydrogens (primary N) is 1. The van der Waals surface area contributed by atoms with Gasteiger partial charge in [0, 0.05) is 18.8 Å². The van der Waals surface area contributed by atoms with Crippen LogP contribution in [0.25, 0.3) is 0 Å². The number of pyridine rings is 1. The molecule has 0 spiro atoms. The van der Waals surface area contributed by atoms with Crippen molar-refractivity contribution in [2.75, 3.05) is 5.73 Å². The molecule has 0 aromatic carbocycles. The zero-order valence-electron chi connectivity index (χ0n) is 10.7. The minimum atomic E-state index is -0.251. The van der Waals surface area contributed by atoms with E-state index < -0.39 is 0 Å². The number of nitrogens with one attached hydrogen (secondary N) is 1. The maximum absolute atomic E-state index is 11.9. The molecule has 0 fully saturated rings. The Morgan fingerprint density at radius 2 is 2.21 bits per heavy atom. The fraction of sp³-hybridized carbons (Fsp3) is 0.250. The predicted octanol–water partition coefficient (Wildman–Crippen LogP) is 1.31. The Morgan fingerprint density at radius 1 is 1.47 bits per heavy atom. The van der Waals surface area contributed by atoms with Crippen LogP contribution in [0.3, 0.4) is 0 Å². The maximum Gasteiger partial charge on any atom is 0.270 e. The van der Waals surface area contributed by atoms with Crippen molar-refractivity contribution in [2.45, 2.75) is 13.0 Å². The first kappa shape index (κ1) is 15.0. The number of aryl methyl sites for hydroxylation is 1. The zero-order valence-corrected chi connectivity index (χ0v) is 11.5. The summed E-state index contributed by atoms with van der Waals surface area (Å²) in [5.74, 6) is 0.0790. The molecule has 19 heavy (non-hydrogen) atoms. The quantitative estimate of drug-likeness (QED) is 0.888. The van der Waals surface area contributed by atoms with Gasteiger partial charge >= 0.3 is 0 Å². The lowest BCUT2D eigenvalue weighted by Crippen LogP contribution is -2.27. The Balaban J connectivity index is 0.00000180. The van der Waals surface area contributed by atoms with Crippen LogP contribution in [0.5, 0.6) is 0 Å². The molecule has 2 aromatic heterocycles. The number of amides is 1. The minimum Gasteiger partial charge on any atom is -0.384 e. The van der Waals surface area contributed by atoms with Crippen LogP contribution in [0.2, 0.25) is 0 Å². The second-order valence-corrected chi connectivity index (χ2v) is 4.09. The summed E-state index contributed by atoms with van der Waals surface area (Å²) in [7, 11) is 1.83.